The van der Waals surface area contributed by atoms with Crippen molar-refractivity contribution in [2.45, 2.75) is 12.8 Å². The molecule has 0 aromatic carbocycles. The number of hydrogen-bond acceptors (Lipinski definition) is 2. The summed E-state index contributed by atoms with van der Waals surface area (Å²) in [6.45, 7) is 1.65. The maximum absolute atomic E-state index is 8.22. The minimum atomic E-state index is 0.528. The van der Waals surface area contributed by atoms with Crippen LogP contribution in [0.25, 0.3) is 0 Å². The van der Waals surface area contributed by atoms with Gasteiger partial charge in [0.2, 0.25) is 0 Å². The van der Waals surface area contributed by atoms with E-state index in [9.17, 15) is 0 Å². The summed E-state index contributed by atoms with van der Waals surface area (Å²) in [4.78, 5) is 0. The zero-order valence-corrected chi connectivity index (χ0v) is 4.76. The molecule has 1 fully saturated rings. The van der Waals surface area contributed by atoms with Crippen LogP contribution in [0.3, 0.4) is 0 Å². The molecule has 1 unspecified atom stereocenters. The fraction of sp³-hybridized carbons (Fsp3) is 0.833. The van der Waals surface area contributed by atoms with Crippen molar-refractivity contribution < 1.29 is 4.74 Å². The molecule has 0 radical (unpaired) electrons. The summed E-state index contributed by atoms with van der Waals surface area (Å²) in [7, 11) is 0. The van der Waals surface area contributed by atoms with E-state index in [-0.39, 0.29) is 0 Å². The predicted molar refractivity (Wildman–Crippen MR) is 29.2 cm³/mol. The van der Waals surface area contributed by atoms with Crippen molar-refractivity contribution in [1.29, 1.82) is 5.26 Å². The lowest BCUT2D eigenvalue weighted by molar-refractivity contribution is 0.186. The molecule has 0 amide bonds. The largest absolute Gasteiger partial charge is 0.381 e. The maximum atomic E-state index is 8.22. The van der Waals surface area contributed by atoms with Crippen LogP contribution < -0.4 is 0 Å². The first-order chi connectivity index (χ1) is 3.93. The second-order valence-electron chi connectivity index (χ2n) is 2.09. The molecule has 0 saturated carbocycles. The van der Waals surface area contributed by atoms with Crippen molar-refractivity contribution in [1.82, 2.24) is 0 Å². The molecule has 2 heteroatoms. The number of hydrogen-bond donors (Lipinski definition) is 0. The Hall–Kier alpha value is -0.550. The quantitative estimate of drug-likeness (QED) is 0.504. The predicted octanol–water partition coefficient (Wildman–Crippen LogP) is 0.937. The first-order valence-electron chi connectivity index (χ1n) is 2.88. The van der Waals surface area contributed by atoms with Crippen LogP contribution in [0.5, 0.6) is 0 Å². The first-order valence-corrected chi connectivity index (χ1v) is 2.88. The van der Waals surface area contributed by atoms with Gasteiger partial charge >= 0.3 is 0 Å². The molecule has 1 rings (SSSR count). The highest BCUT2D eigenvalue weighted by molar-refractivity contribution is 4.77. The van der Waals surface area contributed by atoms with Gasteiger partial charge < -0.3 is 4.74 Å². The zero-order valence-electron chi connectivity index (χ0n) is 4.76. The van der Waals surface area contributed by atoms with Crippen molar-refractivity contribution in [2.24, 2.45) is 5.92 Å². The Morgan fingerprint density at radius 1 is 1.75 bits per heavy atom. The Kier molecular flexibility index (Phi) is 1.87. The molecule has 8 heavy (non-hydrogen) atoms. The van der Waals surface area contributed by atoms with Crippen LogP contribution in [-0.4, -0.2) is 13.2 Å². The third kappa shape index (κ3) is 1.21. The number of nitriles is 1. The van der Waals surface area contributed by atoms with Crippen molar-refractivity contribution in [2.75, 3.05) is 13.2 Å². The average Bonchev–Trinajstić information content (AvgIpc) is 2.19. The number of ether oxygens (including phenoxy) is 1. The minimum Gasteiger partial charge on any atom is -0.381 e. The zero-order chi connectivity index (χ0) is 5.82. The Morgan fingerprint density at radius 2 is 2.62 bits per heavy atom. The van der Waals surface area contributed by atoms with Gasteiger partial charge in [-0.15, -0.1) is 0 Å². The second-order valence-corrected chi connectivity index (χ2v) is 2.09. The van der Waals surface area contributed by atoms with Gasteiger partial charge in [0.25, 0.3) is 0 Å². The fourth-order valence-corrected chi connectivity index (χ4v) is 0.873. The highest BCUT2D eigenvalue weighted by Crippen LogP contribution is 2.14. The van der Waals surface area contributed by atoms with Crippen LogP contribution in [0.4, 0.5) is 0 Å². The maximum Gasteiger partial charge on any atom is 0.0625 e. The van der Waals surface area contributed by atoms with Crippen molar-refractivity contribution >= 4 is 0 Å². The van der Waals surface area contributed by atoms with Crippen LogP contribution in [0.15, 0.2) is 0 Å². The Bertz CT molecular complexity index is 99.6. The van der Waals surface area contributed by atoms with Crippen LogP contribution in [0.1, 0.15) is 12.8 Å². The summed E-state index contributed by atoms with van der Waals surface area (Å²) in [5.74, 6) is 0.528. The minimum absolute atomic E-state index is 0.528. The summed E-state index contributed by atoms with van der Waals surface area (Å²) < 4.78 is 5.06. The summed E-state index contributed by atoms with van der Waals surface area (Å²) in [5.41, 5.74) is 0. The summed E-state index contributed by atoms with van der Waals surface area (Å²) >= 11 is 0. The second kappa shape index (κ2) is 2.68. The lowest BCUT2D eigenvalue weighted by Gasteiger charge is -1.95. The van der Waals surface area contributed by atoms with E-state index in [1.54, 1.807) is 0 Å². The fourth-order valence-electron chi connectivity index (χ4n) is 0.873. The third-order valence-electron chi connectivity index (χ3n) is 1.40. The first kappa shape index (κ1) is 5.58. The van der Waals surface area contributed by atoms with Gasteiger partial charge in [0.05, 0.1) is 12.7 Å². The summed E-state index contributed by atoms with van der Waals surface area (Å²) in [5, 5.41) is 8.22. The van der Waals surface area contributed by atoms with Gasteiger partial charge in [-0.3, -0.25) is 0 Å². The topological polar surface area (TPSA) is 33.0 Å². The van der Waals surface area contributed by atoms with Gasteiger partial charge in [-0.05, 0) is 12.3 Å². The molecule has 1 aliphatic heterocycles. The molecule has 1 saturated heterocycles. The van der Waals surface area contributed by atoms with Crippen molar-refractivity contribution in [3.63, 3.8) is 0 Å². The Balaban J connectivity index is 2.17. The van der Waals surface area contributed by atoms with Gasteiger partial charge in [-0.1, -0.05) is 0 Å². The molecule has 0 aromatic rings. The number of nitrogens with zero attached hydrogens (tertiary/aromatic N) is 1. The molecule has 0 spiro atoms. The van der Waals surface area contributed by atoms with Gasteiger partial charge in [0.15, 0.2) is 0 Å². The lowest BCUT2D eigenvalue weighted by atomic mass is 10.1. The Morgan fingerprint density at radius 3 is 3.12 bits per heavy atom. The summed E-state index contributed by atoms with van der Waals surface area (Å²) in [6.07, 6.45) is 1.74. The van der Waals surface area contributed by atoms with E-state index in [0.717, 1.165) is 19.6 Å². The monoisotopic (exact) mass is 111 g/mol. The van der Waals surface area contributed by atoms with Gasteiger partial charge in [-0.25, -0.2) is 0 Å². The third-order valence-corrected chi connectivity index (χ3v) is 1.40. The average molecular weight is 111 g/mol. The van der Waals surface area contributed by atoms with Crippen LogP contribution in [-0.2, 0) is 4.74 Å². The van der Waals surface area contributed by atoms with E-state index in [1.165, 1.54) is 0 Å². The van der Waals surface area contributed by atoms with E-state index in [4.69, 9.17) is 10.00 Å². The van der Waals surface area contributed by atoms with Crippen molar-refractivity contribution in [3.05, 3.63) is 0 Å². The molecular formula is C6H9NO. The molecule has 1 aliphatic rings. The molecule has 1 atom stereocenters. The standard InChI is InChI=1S/C6H9NO/c7-3-1-6-2-4-8-5-6/h6H,1-2,4-5H2. The van der Waals surface area contributed by atoms with E-state index in [0.29, 0.717) is 12.3 Å². The van der Waals surface area contributed by atoms with Crippen LogP contribution >= 0.6 is 0 Å². The Labute approximate surface area is 49.1 Å². The molecule has 0 bridgehead atoms. The normalized spacial score (nSPS) is 27.6. The van der Waals surface area contributed by atoms with E-state index >= 15 is 0 Å². The van der Waals surface area contributed by atoms with Crippen LogP contribution in [0.2, 0.25) is 0 Å². The summed E-state index contributed by atoms with van der Waals surface area (Å²) in [6, 6.07) is 2.13. The molecular weight excluding hydrogens is 102 g/mol. The SMILES string of the molecule is N#CCC1CCOC1. The molecule has 1 heterocycles. The molecule has 0 aliphatic carbocycles. The van der Waals surface area contributed by atoms with Crippen molar-refractivity contribution in [3.8, 4) is 6.07 Å². The molecule has 44 valence electrons. The lowest BCUT2D eigenvalue weighted by Crippen LogP contribution is -1.95. The highest BCUT2D eigenvalue weighted by atomic mass is 16.5. The van der Waals surface area contributed by atoms with Crippen LogP contribution in [0, 0.1) is 17.2 Å². The van der Waals surface area contributed by atoms with Gasteiger partial charge in [-0.2, -0.15) is 5.26 Å². The molecule has 0 aromatic heterocycles. The van der Waals surface area contributed by atoms with E-state index < -0.39 is 0 Å². The van der Waals surface area contributed by atoms with Gasteiger partial charge in [0, 0.05) is 13.0 Å². The van der Waals surface area contributed by atoms with Gasteiger partial charge in [0.1, 0.15) is 0 Å². The van der Waals surface area contributed by atoms with E-state index in [1.807, 2.05) is 0 Å². The smallest absolute Gasteiger partial charge is 0.0625 e. The highest BCUT2D eigenvalue weighted by Gasteiger charge is 2.13. The molecule has 0 N–H and O–H groups in total. The van der Waals surface area contributed by atoms with E-state index in [2.05, 4.69) is 6.07 Å². The molecule has 2 nitrogen and oxygen atoms in total. The number of rotatable bonds is 1.